The van der Waals surface area contributed by atoms with E-state index in [4.69, 9.17) is 11.6 Å². The van der Waals surface area contributed by atoms with Crippen molar-refractivity contribution in [3.63, 3.8) is 0 Å². The van der Waals surface area contributed by atoms with Crippen molar-refractivity contribution in [2.24, 2.45) is 0 Å². The van der Waals surface area contributed by atoms with Crippen LogP contribution in [0.2, 0.25) is 5.02 Å². The van der Waals surface area contributed by atoms with Gasteiger partial charge in [-0.05, 0) is 42.5 Å². The Morgan fingerprint density at radius 2 is 1.52 bits per heavy atom. The minimum absolute atomic E-state index is 0.0775. The zero-order chi connectivity index (χ0) is 16.8. The first-order valence-corrected chi connectivity index (χ1v) is 7.12. The number of nitrogens with one attached hydrogen (secondary N) is 2. The van der Waals surface area contributed by atoms with Gasteiger partial charge < -0.3 is 10.6 Å². The van der Waals surface area contributed by atoms with Gasteiger partial charge in [0.2, 0.25) is 0 Å². The van der Waals surface area contributed by atoms with Crippen molar-refractivity contribution in [1.82, 2.24) is 10.6 Å². The number of hydrogen-bond acceptors (Lipinski definition) is 2. The van der Waals surface area contributed by atoms with Crippen LogP contribution in [-0.2, 0) is 0 Å². The molecule has 0 aliphatic rings. The smallest absolute Gasteiger partial charge is 0.254 e. The fourth-order valence-corrected chi connectivity index (χ4v) is 1.95. The average molecular weight is 339 g/mol. The second-order valence-electron chi connectivity index (χ2n) is 4.64. The third-order valence-corrected chi connectivity index (χ3v) is 3.23. The number of halogens is 3. The largest absolute Gasteiger partial charge is 0.350 e. The van der Waals surface area contributed by atoms with Gasteiger partial charge in [-0.3, -0.25) is 9.59 Å². The van der Waals surface area contributed by atoms with Gasteiger partial charge >= 0.3 is 0 Å². The van der Waals surface area contributed by atoms with Crippen LogP contribution in [0.25, 0.3) is 0 Å². The molecule has 0 aliphatic carbocycles. The van der Waals surface area contributed by atoms with Gasteiger partial charge in [0.1, 0.15) is 11.6 Å². The van der Waals surface area contributed by atoms with Crippen molar-refractivity contribution >= 4 is 23.4 Å². The van der Waals surface area contributed by atoms with E-state index >= 15 is 0 Å². The van der Waals surface area contributed by atoms with E-state index in [2.05, 4.69) is 10.6 Å². The van der Waals surface area contributed by atoms with E-state index in [1.54, 1.807) is 24.3 Å². The fraction of sp³-hybridized carbons (Fsp3) is 0.125. The van der Waals surface area contributed by atoms with Gasteiger partial charge in [-0.2, -0.15) is 0 Å². The summed E-state index contributed by atoms with van der Waals surface area (Å²) < 4.78 is 26.4. The first kappa shape index (κ1) is 16.9. The van der Waals surface area contributed by atoms with E-state index in [1.165, 1.54) is 0 Å². The highest BCUT2D eigenvalue weighted by molar-refractivity contribution is 6.30. The van der Waals surface area contributed by atoms with Gasteiger partial charge in [-0.25, -0.2) is 8.78 Å². The van der Waals surface area contributed by atoms with Crippen molar-refractivity contribution in [2.75, 3.05) is 13.1 Å². The van der Waals surface area contributed by atoms with Crippen LogP contribution in [0, 0.1) is 11.6 Å². The highest BCUT2D eigenvalue weighted by atomic mass is 35.5. The normalized spacial score (nSPS) is 10.2. The molecule has 0 spiro atoms. The summed E-state index contributed by atoms with van der Waals surface area (Å²) in [6.45, 7) is 0.220. The van der Waals surface area contributed by atoms with Crippen LogP contribution in [0.5, 0.6) is 0 Å². The molecule has 0 fully saturated rings. The van der Waals surface area contributed by atoms with Crippen LogP contribution in [0.3, 0.4) is 0 Å². The summed E-state index contributed by atoms with van der Waals surface area (Å²) in [5, 5.41) is 5.51. The molecule has 0 heterocycles. The molecule has 0 saturated carbocycles. The Morgan fingerprint density at radius 1 is 0.913 bits per heavy atom. The summed E-state index contributed by atoms with van der Waals surface area (Å²) in [4.78, 5) is 23.5. The number of hydrogen-bond donors (Lipinski definition) is 2. The Hall–Kier alpha value is -2.47. The van der Waals surface area contributed by atoms with Gasteiger partial charge in [-0.15, -0.1) is 0 Å². The topological polar surface area (TPSA) is 58.2 Å². The van der Waals surface area contributed by atoms with Crippen molar-refractivity contribution < 1.29 is 18.4 Å². The first-order chi connectivity index (χ1) is 11.0. The van der Waals surface area contributed by atoms with Crippen molar-refractivity contribution in [3.05, 3.63) is 70.2 Å². The molecule has 2 rings (SSSR count). The van der Waals surface area contributed by atoms with Crippen LogP contribution >= 0.6 is 11.6 Å². The molecular formula is C16H13ClF2N2O2. The lowest BCUT2D eigenvalue weighted by molar-refractivity contribution is 0.0925. The maximum atomic E-state index is 13.4. The number of amides is 2. The summed E-state index contributed by atoms with van der Waals surface area (Å²) in [7, 11) is 0. The molecule has 120 valence electrons. The molecule has 4 nitrogen and oxygen atoms in total. The van der Waals surface area contributed by atoms with Crippen LogP contribution in [0.15, 0.2) is 42.5 Å². The van der Waals surface area contributed by atoms with Gasteiger partial charge in [0.05, 0.1) is 5.56 Å². The number of carbonyl (C=O) groups is 2. The lowest BCUT2D eigenvalue weighted by atomic mass is 10.2. The van der Waals surface area contributed by atoms with Crippen molar-refractivity contribution in [2.45, 2.75) is 0 Å². The van der Waals surface area contributed by atoms with Crippen LogP contribution < -0.4 is 10.6 Å². The fourth-order valence-electron chi connectivity index (χ4n) is 1.82. The van der Waals surface area contributed by atoms with E-state index in [1.807, 2.05) is 0 Å². The molecule has 2 aromatic rings. The molecule has 0 aliphatic heterocycles. The van der Waals surface area contributed by atoms with E-state index in [9.17, 15) is 18.4 Å². The number of carbonyl (C=O) groups excluding carboxylic acids is 2. The summed E-state index contributed by atoms with van der Waals surface area (Å²) in [5.41, 5.74) is 0.0472. The molecule has 0 unspecified atom stereocenters. The van der Waals surface area contributed by atoms with Gasteiger partial charge in [-0.1, -0.05) is 11.6 Å². The molecule has 0 saturated heterocycles. The van der Waals surface area contributed by atoms with Crippen LogP contribution in [0.4, 0.5) is 8.78 Å². The second-order valence-corrected chi connectivity index (χ2v) is 5.08. The zero-order valence-electron chi connectivity index (χ0n) is 11.9. The summed E-state index contributed by atoms with van der Waals surface area (Å²) in [5.74, 6) is -2.59. The molecule has 2 aromatic carbocycles. The Bertz CT molecular complexity index is 721. The lowest BCUT2D eigenvalue weighted by Crippen LogP contribution is -2.35. The summed E-state index contributed by atoms with van der Waals surface area (Å²) in [6.07, 6.45) is 0. The third kappa shape index (κ3) is 4.75. The molecular weight excluding hydrogens is 326 g/mol. The minimum atomic E-state index is -0.811. The monoisotopic (exact) mass is 338 g/mol. The van der Waals surface area contributed by atoms with Gasteiger partial charge in [0.25, 0.3) is 11.8 Å². The van der Waals surface area contributed by atoms with Crippen molar-refractivity contribution in [3.8, 4) is 0 Å². The van der Waals surface area contributed by atoms with Crippen molar-refractivity contribution in [1.29, 1.82) is 0 Å². The quantitative estimate of drug-likeness (QED) is 0.824. The van der Waals surface area contributed by atoms with E-state index < -0.39 is 17.5 Å². The molecule has 0 aromatic heterocycles. The third-order valence-electron chi connectivity index (χ3n) is 2.98. The molecule has 23 heavy (non-hydrogen) atoms. The summed E-state index contributed by atoms with van der Waals surface area (Å²) >= 11 is 5.72. The maximum Gasteiger partial charge on any atom is 0.254 e. The zero-order valence-corrected chi connectivity index (χ0v) is 12.7. The summed E-state index contributed by atoms with van der Waals surface area (Å²) in [6, 6.07) is 8.94. The molecule has 0 radical (unpaired) electrons. The van der Waals surface area contributed by atoms with Gasteiger partial charge in [0, 0.05) is 23.7 Å². The lowest BCUT2D eigenvalue weighted by Gasteiger charge is -2.08. The SMILES string of the molecule is O=C(NCCNC(=O)c1cc(F)ccc1F)c1ccc(Cl)cc1. The Labute approximate surface area is 136 Å². The predicted octanol–water partition coefficient (Wildman–Crippen LogP) is 2.78. The average Bonchev–Trinajstić information content (AvgIpc) is 2.54. The predicted molar refractivity (Wildman–Crippen MR) is 82.5 cm³/mol. The maximum absolute atomic E-state index is 13.4. The Kier molecular flexibility index (Phi) is 5.65. The number of rotatable bonds is 5. The van der Waals surface area contributed by atoms with Gasteiger partial charge in [0.15, 0.2) is 0 Å². The highest BCUT2D eigenvalue weighted by Gasteiger charge is 2.12. The first-order valence-electron chi connectivity index (χ1n) is 6.74. The minimum Gasteiger partial charge on any atom is -0.350 e. The van der Waals surface area contributed by atoms with E-state index in [0.717, 1.165) is 18.2 Å². The second kappa shape index (κ2) is 7.69. The number of benzene rings is 2. The molecule has 0 atom stereocenters. The standard InChI is InChI=1S/C16H13ClF2N2O2/c17-11-3-1-10(2-4-11)15(22)20-7-8-21-16(23)13-9-12(18)5-6-14(13)19/h1-6,9H,7-8H2,(H,20,22)(H,21,23). The van der Waals surface area contributed by atoms with E-state index in [-0.39, 0.29) is 24.6 Å². The van der Waals surface area contributed by atoms with Crippen LogP contribution in [-0.4, -0.2) is 24.9 Å². The molecule has 7 heteroatoms. The molecule has 2 N–H and O–H groups in total. The molecule has 2 amide bonds. The van der Waals surface area contributed by atoms with Crippen LogP contribution in [0.1, 0.15) is 20.7 Å². The highest BCUT2D eigenvalue weighted by Crippen LogP contribution is 2.10. The Morgan fingerprint density at radius 3 is 2.17 bits per heavy atom. The molecule has 0 bridgehead atoms. The Balaban J connectivity index is 1.81. The van der Waals surface area contributed by atoms with E-state index in [0.29, 0.717) is 10.6 Å².